The van der Waals surface area contributed by atoms with Crippen LogP contribution in [0.4, 0.5) is 0 Å². The fourth-order valence-corrected chi connectivity index (χ4v) is 15.8. The maximum Gasteiger partial charge on any atom is 0.193 e. The van der Waals surface area contributed by atoms with E-state index >= 15 is 0 Å². The van der Waals surface area contributed by atoms with Gasteiger partial charge < -0.3 is 9.13 Å². The summed E-state index contributed by atoms with van der Waals surface area (Å²) in [5.41, 5.74) is 15.2. The molecule has 0 saturated carbocycles. The summed E-state index contributed by atoms with van der Waals surface area (Å²) in [6.45, 7) is 8.76. The van der Waals surface area contributed by atoms with Crippen molar-refractivity contribution in [3.05, 3.63) is 264 Å². The normalized spacial score (nSPS) is 11.8. The molecule has 0 spiro atoms. The van der Waals surface area contributed by atoms with Crippen LogP contribution in [0.25, 0.3) is 66.1 Å². The van der Waals surface area contributed by atoms with Gasteiger partial charge in [0.1, 0.15) is 0 Å². The molecule has 12 rings (SSSR count). The van der Waals surface area contributed by atoms with Crippen LogP contribution in [-0.4, -0.2) is 23.0 Å². The van der Waals surface area contributed by atoms with Crippen LogP contribution < -0.4 is 20.7 Å². The largest absolute Gasteiger partial charge is 0.307 e. The molecule has 0 aliphatic carbocycles. The van der Waals surface area contributed by atoms with Crippen LogP contribution in [0.5, 0.6) is 0 Å². The van der Waals surface area contributed by atoms with Gasteiger partial charge in [-0.1, -0.05) is 198 Å². The molecule has 0 aliphatic rings. The van der Waals surface area contributed by atoms with Gasteiger partial charge in [-0.25, -0.2) is 0 Å². The molecule has 0 bridgehead atoms. The van der Waals surface area contributed by atoms with Crippen LogP contribution in [0.3, 0.4) is 0 Å². The van der Waals surface area contributed by atoms with E-state index in [0.29, 0.717) is 11.1 Å². The number of aryl methyl sites for hydroxylation is 4. The second-order valence-corrected chi connectivity index (χ2v) is 22.6. The first-order valence-corrected chi connectivity index (χ1v) is 25.9. The summed E-state index contributed by atoms with van der Waals surface area (Å²) in [5.74, 6) is 0.0177. The van der Waals surface area contributed by atoms with E-state index in [9.17, 15) is 4.79 Å². The Labute approximate surface area is 404 Å². The highest BCUT2D eigenvalue weighted by Crippen LogP contribution is 2.39. The number of fused-ring (bicyclic) bond motifs is 6. The standard InChI is InChI=1S/C65H50N2OSi/c1-43-24-33-59-55(38-43)56-39-44(2)25-34-60(56)66(59)63-37-32-52(42-64(63)67-61-35-26-45(3)40-57(61)58-41-46(4)27-36-62(58)67)69(49-18-10-6-11-19-49,50-20-12-7-13-21-50)51-30-28-47(29-31-51)53-22-14-15-23-54(53)65(68)48-16-8-5-9-17-48/h5-42H,1-4H3/q-1. The number of nitrogens with zero attached hydrogens (tertiary/aromatic N) is 2. The molecule has 0 radical (unpaired) electrons. The number of carbonyl (C=O) groups excluding carboxylic acids is 1. The highest BCUT2D eigenvalue weighted by Gasteiger charge is 2.30. The zero-order valence-electron chi connectivity index (χ0n) is 39.2. The van der Waals surface area contributed by atoms with Crippen LogP contribution in [0.2, 0.25) is 0 Å². The van der Waals surface area contributed by atoms with E-state index in [1.54, 1.807) is 0 Å². The van der Waals surface area contributed by atoms with Crippen molar-refractivity contribution in [2.75, 3.05) is 0 Å². The minimum atomic E-state index is -3.13. The van der Waals surface area contributed by atoms with E-state index in [2.05, 4.69) is 219 Å². The second-order valence-electron chi connectivity index (χ2n) is 18.8. The van der Waals surface area contributed by atoms with Crippen molar-refractivity contribution in [1.82, 2.24) is 9.13 Å². The minimum absolute atomic E-state index is 0.0177. The molecule has 3 nitrogen and oxygen atoms in total. The average Bonchev–Trinajstić information content (AvgIpc) is 3.88. The molecule has 69 heavy (non-hydrogen) atoms. The lowest BCUT2D eigenvalue weighted by Gasteiger charge is -2.47. The number of aromatic nitrogens is 2. The van der Waals surface area contributed by atoms with Crippen LogP contribution in [0.15, 0.2) is 231 Å². The van der Waals surface area contributed by atoms with E-state index in [0.717, 1.165) is 22.5 Å². The number of carbonyl (C=O) groups is 1. The monoisotopic (exact) mass is 902 g/mol. The number of benzene rings is 10. The lowest BCUT2D eigenvalue weighted by atomic mass is 9.94. The Hall–Kier alpha value is -8.31. The zero-order valence-corrected chi connectivity index (χ0v) is 40.2. The molecule has 0 N–H and O–H groups in total. The molecule has 2 aromatic heterocycles. The molecule has 2 heterocycles. The molecule has 12 aromatic rings. The molecule has 0 amide bonds. The van der Waals surface area contributed by atoms with Crippen molar-refractivity contribution in [1.29, 1.82) is 0 Å². The van der Waals surface area contributed by atoms with Crippen molar-refractivity contribution in [3.8, 4) is 22.5 Å². The summed E-state index contributed by atoms with van der Waals surface area (Å²) >= 11 is 0. The molecule has 0 saturated heterocycles. The van der Waals surface area contributed by atoms with E-state index in [4.69, 9.17) is 0 Å². The highest BCUT2D eigenvalue weighted by atomic mass is 28.3. The number of ketones is 1. The van der Waals surface area contributed by atoms with Gasteiger partial charge in [0.2, 0.25) is 0 Å². The first-order valence-electron chi connectivity index (χ1n) is 23.9. The highest BCUT2D eigenvalue weighted by molar-refractivity contribution is 7.20. The predicted octanol–water partition coefficient (Wildman–Crippen LogP) is 13.4. The maximum absolute atomic E-state index is 14.0. The molecule has 0 aliphatic heterocycles. The van der Waals surface area contributed by atoms with E-state index in [-0.39, 0.29) is 5.78 Å². The quantitative estimate of drug-likeness (QED) is 0.0805. The van der Waals surface area contributed by atoms with E-state index in [1.807, 2.05) is 48.5 Å². The fourth-order valence-electron chi connectivity index (χ4n) is 11.1. The third-order valence-electron chi connectivity index (χ3n) is 14.3. The number of hydrogen-bond donors (Lipinski definition) is 0. The summed E-state index contributed by atoms with van der Waals surface area (Å²) in [5, 5.41) is 10.1. The van der Waals surface area contributed by atoms with Gasteiger partial charge in [0.05, 0.1) is 33.4 Å². The Bertz CT molecular complexity index is 3780. The topological polar surface area (TPSA) is 26.9 Å². The van der Waals surface area contributed by atoms with Crippen molar-refractivity contribution >= 4 is 78.2 Å². The molecule has 0 fully saturated rings. The lowest BCUT2D eigenvalue weighted by Crippen LogP contribution is -2.74. The molecule has 4 heteroatoms. The first kappa shape index (κ1) is 42.1. The predicted molar refractivity (Wildman–Crippen MR) is 293 cm³/mol. The fraction of sp³-hybridized carbons (Fsp3) is 0.0615. The van der Waals surface area contributed by atoms with Crippen molar-refractivity contribution in [3.63, 3.8) is 0 Å². The van der Waals surface area contributed by atoms with Crippen LogP contribution in [-0.2, 0) is 0 Å². The summed E-state index contributed by atoms with van der Waals surface area (Å²) in [6.07, 6.45) is 0. The van der Waals surface area contributed by atoms with Crippen LogP contribution in [0, 0.1) is 27.7 Å². The third kappa shape index (κ3) is 6.90. The van der Waals surface area contributed by atoms with Gasteiger partial charge in [-0.3, -0.25) is 4.79 Å². The average molecular weight is 903 g/mol. The molecule has 10 aromatic carbocycles. The summed E-state index contributed by atoms with van der Waals surface area (Å²) in [7, 11) is -3.13. The zero-order chi connectivity index (χ0) is 46.8. The second kappa shape index (κ2) is 16.8. The maximum atomic E-state index is 14.0. The third-order valence-corrected chi connectivity index (χ3v) is 19.1. The van der Waals surface area contributed by atoms with Gasteiger partial charge in [0, 0.05) is 32.7 Å². The molecule has 331 valence electrons. The van der Waals surface area contributed by atoms with Gasteiger partial charge in [-0.2, -0.15) is 20.7 Å². The van der Waals surface area contributed by atoms with Gasteiger partial charge in [0.25, 0.3) is 0 Å². The first-order chi connectivity index (χ1) is 33.8. The van der Waals surface area contributed by atoms with Crippen molar-refractivity contribution in [2.24, 2.45) is 0 Å². The van der Waals surface area contributed by atoms with Gasteiger partial charge in [0.15, 0.2) is 5.78 Å². The smallest absolute Gasteiger partial charge is 0.193 e. The van der Waals surface area contributed by atoms with E-state index in [1.165, 1.54) is 86.6 Å². The van der Waals surface area contributed by atoms with E-state index < -0.39 is 8.07 Å². The number of hydrogen-bond acceptors (Lipinski definition) is 1. The Balaban J connectivity index is 1.17. The molecular weight excluding hydrogens is 853 g/mol. The lowest BCUT2D eigenvalue weighted by molar-refractivity contribution is 0.103. The van der Waals surface area contributed by atoms with Crippen molar-refractivity contribution in [2.45, 2.75) is 27.7 Å². The van der Waals surface area contributed by atoms with Crippen LogP contribution in [0.1, 0.15) is 38.2 Å². The molecule has 0 atom stereocenters. The Morgan fingerprint density at radius 1 is 0.348 bits per heavy atom. The Morgan fingerprint density at radius 2 is 0.739 bits per heavy atom. The SMILES string of the molecule is Cc1ccc2c(c1)c1cc(C)ccc1n2-c1ccc([Si-](c2ccccc2)(c2ccccc2)c2ccc(-c3ccccc3C(=O)c3ccccc3)cc2)cc1-n1c2ccc(C)cc2c2cc(C)ccc21. The summed E-state index contributed by atoms with van der Waals surface area (Å²) in [6, 6.07) is 84.0. The Kier molecular flexibility index (Phi) is 10.2. The number of rotatable bonds is 9. The molecular formula is C65H50N2OSi-. The minimum Gasteiger partial charge on any atom is -0.307 e. The van der Waals surface area contributed by atoms with Gasteiger partial charge in [-0.05, 0) is 101 Å². The van der Waals surface area contributed by atoms with Gasteiger partial charge in [-0.15, -0.1) is 0 Å². The van der Waals surface area contributed by atoms with Crippen molar-refractivity contribution < 1.29 is 4.79 Å². The van der Waals surface area contributed by atoms with Crippen LogP contribution >= 0.6 is 0 Å². The summed E-state index contributed by atoms with van der Waals surface area (Å²) < 4.78 is 5.03. The summed E-state index contributed by atoms with van der Waals surface area (Å²) in [4.78, 5) is 14.0. The Morgan fingerprint density at radius 3 is 1.22 bits per heavy atom. The molecule has 0 unspecified atom stereocenters. The van der Waals surface area contributed by atoms with Gasteiger partial charge >= 0.3 is 0 Å².